The van der Waals surface area contributed by atoms with Gasteiger partial charge in [-0.05, 0) is 32.4 Å². The molecule has 2 rings (SSSR count). The summed E-state index contributed by atoms with van der Waals surface area (Å²) in [5.41, 5.74) is 2.56. The molecule has 0 unspecified atom stereocenters. The molecule has 1 N–H and O–H groups in total. The first kappa shape index (κ1) is 26.0. The van der Waals surface area contributed by atoms with Gasteiger partial charge in [-0.3, -0.25) is 24.2 Å². The first-order valence-electron chi connectivity index (χ1n) is 10.8. The molecule has 0 saturated heterocycles. The maximum atomic E-state index is 12.7. The number of hydrogen-bond acceptors (Lipinski definition) is 7. The average Bonchev–Trinajstić information content (AvgIpc) is 2.79. The van der Waals surface area contributed by atoms with Gasteiger partial charge >= 0.3 is 0 Å². The standard InChI is InChI=1S/C25H30N2O6/c1-17(28)10-12-32-15-23(16-33-13-11-18(2)29)27-25(31)24-9-8-22(14-26-24)21-6-4-20(5-7-21)19(3)30/h4-9,14,23H,10-13,15-16H2,1-3H3,(H,27,31). The van der Waals surface area contributed by atoms with E-state index in [1.165, 1.54) is 20.8 Å². The number of aromatic nitrogens is 1. The minimum atomic E-state index is -0.461. The number of nitrogens with zero attached hydrogens (tertiary/aromatic N) is 1. The quantitative estimate of drug-likeness (QED) is 0.345. The number of pyridine rings is 1. The van der Waals surface area contributed by atoms with Crippen LogP contribution in [0.3, 0.4) is 0 Å². The van der Waals surface area contributed by atoms with Crippen LogP contribution in [0.25, 0.3) is 11.1 Å². The van der Waals surface area contributed by atoms with Crippen LogP contribution in [0, 0.1) is 0 Å². The molecule has 2 aromatic rings. The second kappa shape index (κ2) is 13.3. The molecule has 1 amide bonds. The van der Waals surface area contributed by atoms with E-state index in [1.807, 2.05) is 12.1 Å². The lowest BCUT2D eigenvalue weighted by Crippen LogP contribution is -2.42. The molecule has 33 heavy (non-hydrogen) atoms. The number of ether oxygens (including phenoxy) is 2. The van der Waals surface area contributed by atoms with Gasteiger partial charge in [-0.15, -0.1) is 0 Å². The van der Waals surface area contributed by atoms with E-state index in [2.05, 4.69) is 10.3 Å². The van der Waals surface area contributed by atoms with Gasteiger partial charge in [-0.25, -0.2) is 0 Å². The minimum absolute atomic E-state index is 0.00297. The van der Waals surface area contributed by atoms with Crippen molar-refractivity contribution < 1.29 is 28.7 Å². The lowest BCUT2D eigenvalue weighted by molar-refractivity contribution is -0.118. The largest absolute Gasteiger partial charge is 0.379 e. The fourth-order valence-corrected chi connectivity index (χ4v) is 2.87. The molecule has 0 radical (unpaired) electrons. The smallest absolute Gasteiger partial charge is 0.270 e. The number of ketones is 3. The van der Waals surface area contributed by atoms with E-state index < -0.39 is 6.04 Å². The van der Waals surface area contributed by atoms with Crippen molar-refractivity contribution >= 4 is 23.3 Å². The molecule has 176 valence electrons. The lowest BCUT2D eigenvalue weighted by Gasteiger charge is -2.19. The van der Waals surface area contributed by atoms with Crippen molar-refractivity contribution in [1.29, 1.82) is 0 Å². The average molecular weight is 455 g/mol. The Labute approximate surface area is 193 Å². The fourth-order valence-electron chi connectivity index (χ4n) is 2.87. The van der Waals surface area contributed by atoms with E-state index in [4.69, 9.17) is 9.47 Å². The van der Waals surface area contributed by atoms with Gasteiger partial charge in [-0.2, -0.15) is 0 Å². The summed E-state index contributed by atoms with van der Waals surface area (Å²) in [4.78, 5) is 50.5. The second-order valence-corrected chi connectivity index (χ2v) is 7.79. The van der Waals surface area contributed by atoms with Crippen molar-refractivity contribution in [2.45, 2.75) is 39.7 Å². The van der Waals surface area contributed by atoms with E-state index in [9.17, 15) is 19.2 Å². The van der Waals surface area contributed by atoms with E-state index in [0.717, 1.165) is 11.1 Å². The summed E-state index contributed by atoms with van der Waals surface area (Å²) in [5.74, 6) is -0.345. The SMILES string of the molecule is CC(=O)CCOCC(COCCC(C)=O)NC(=O)c1ccc(-c2ccc(C(C)=O)cc2)cn1. The third kappa shape index (κ3) is 9.43. The van der Waals surface area contributed by atoms with Crippen LogP contribution in [0.15, 0.2) is 42.6 Å². The third-order valence-corrected chi connectivity index (χ3v) is 4.79. The maximum absolute atomic E-state index is 12.7. The van der Waals surface area contributed by atoms with Gasteiger partial charge in [0.05, 0.1) is 32.5 Å². The fraction of sp³-hybridized carbons (Fsp3) is 0.400. The summed E-state index contributed by atoms with van der Waals surface area (Å²) < 4.78 is 11.0. The molecule has 0 bridgehead atoms. The number of carbonyl (C=O) groups is 4. The zero-order valence-electron chi connectivity index (χ0n) is 19.3. The normalized spacial score (nSPS) is 10.8. The summed E-state index contributed by atoms with van der Waals surface area (Å²) in [6.45, 7) is 5.33. The Morgan fingerprint density at radius 2 is 1.36 bits per heavy atom. The summed E-state index contributed by atoms with van der Waals surface area (Å²) >= 11 is 0. The van der Waals surface area contributed by atoms with Crippen molar-refractivity contribution in [3.05, 3.63) is 53.9 Å². The molecule has 0 atom stereocenters. The predicted molar refractivity (Wildman–Crippen MR) is 123 cm³/mol. The molecule has 8 nitrogen and oxygen atoms in total. The van der Waals surface area contributed by atoms with Crippen LogP contribution >= 0.6 is 0 Å². The Morgan fingerprint density at radius 3 is 1.82 bits per heavy atom. The molecule has 0 fully saturated rings. The highest BCUT2D eigenvalue weighted by molar-refractivity contribution is 5.94. The first-order chi connectivity index (χ1) is 15.8. The maximum Gasteiger partial charge on any atom is 0.270 e. The van der Waals surface area contributed by atoms with Crippen molar-refractivity contribution in [2.24, 2.45) is 0 Å². The monoisotopic (exact) mass is 454 g/mol. The highest BCUT2D eigenvalue weighted by Crippen LogP contribution is 2.19. The van der Waals surface area contributed by atoms with Gasteiger partial charge < -0.3 is 14.8 Å². The first-order valence-corrected chi connectivity index (χ1v) is 10.8. The number of hydrogen-bond donors (Lipinski definition) is 1. The molecular weight excluding hydrogens is 424 g/mol. The molecule has 1 heterocycles. The summed E-state index contributed by atoms with van der Waals surface area (Å²) in [5, 5.41) is 2.83. The molecule has 8 heteroatoms. The molecule has 0 aliphatic carbocycles. The number of rotatable bonds is 14. The number of Topliss-reactive ketones (excluding diaryl/α,β-unsaturated/α-hetero) is 3. The second-order valence-electron chi connectivity index (χ2n) is 7.79. The Bertz CT molecular complexity index is 932. The van der Waals surface area contributed by atoms with E-state index in [0.29, 0.717) is 18.4 Å². The zero-order valence-corrected chi connectivity index (χ0v) is 19.3. The number of carbonyl (C=O) groups excluding carboxylic acids is 4. The van der Waals surface area contributed by atoms with Crippen LogP contribution in [0.4, 0.5) is 0 Å². The molecule has 0 aliphatic heterocycles. The van der Waals surface area contributed by atoms with Gasteiger partial charge in [0.25, 0.3) is 5.91 Å². The molecule has 0 saturated carbocycles. The van der Waals surface area contributed by atoms with Gasteiger partial charge in [0, 0.05) is 30.2 Å². The highest BCUT2D eigenvalue weighted by Gasteiger charge is 2.16. The van der Waals surface area contributed by atoms with Crippen molar-refractivity contribution in [3.8, 4) is 11.1 Å². The van der Waals surface area contributed by atoms with Gasteiger partial charge in [0.2, 0.25) is 0 Å². The number of benzene rings is 1. The lowest BCUT2D eigenvalue weighted by atomic mass is 10.0. The third-order valence-electron chi connectivity index (χ3n) is 4.79. The molecule has 1 aromatic carbocycles. The van der Waals surface area contributed by atoms with Gasteiger partial charge in [0.15, 0.2) is 5.78 Å². The Hall–Kier alpha value is -3.23. The van der Waals surface area contributed by atoms with Crippen LogP contribution in [-0.4, -0.2) is 60.7 Å². The minimum Gasteiger partial charge on any atom is -0.379 e. The Morgan fingerprint density at radius 1 is 0.818 bits per heavy atom. The summed E-state index contributed by atoms with van der Waals surface area (Å²) in [6.07, 6.45) is 2.18. The Balaban J connectivity index is 1.97. The van der Waals surface area contributed by atoms with E-state index in [-0.39, 0.29) is 55.4 Å². The van der Waals surface area contributed by atoms with Crippen molar-refractivity contribution in [3.63, 3.8) is 0 Å². The highest BCUT2D eigenvalue weighted by atomic mass is 16.5. The summed E-state index contributed by atoms with van der Waals surface area (Å²) in [6, 6.07) is 10.1. The topological polar surface area (TPSA) is 112 Å². The van der Waals surface area contributed by atoms with Crippen molar-refractivity contribution in [2.75, 3.05) is 26.4 Å². The molecule has 1 aromatic heterocycles. The van der Waals surface area contributed by atoms with Crippen LogP contribution in [0.1, 0.15) is 54.5 Å². The van der Waals surface area contributed by atoms with Gasteiger partial charge in [-0.1, -0.05) is 30.3 Å². The van der Waals surface area contributed by atoms with Crippen LogP contribution in [-0.2, 0) is 19.1 Å². The molecule has 0 spiro atoms. The Kier molecular flexibility index (Phi) is 10.5. The number of amides is 1. The van der Waals surface area contributed by atoms with E-state index >= 15 is 0 Å². The van der Waals surface area contributed by atoms with Crippen LogP contribution in [0.2, 0.25) is 0 Å². The van der Waals surface area contributed by atoms with Crippen LogP contribution < -0.4 is 5.32 Å². The predicted octanol–water partition coefficient (Wildman–Crippen LogP) is 3.04. The molecular formula is C25H30N2O6. The number of nitrogens with one attached hydrogen (secondary N) is 1. The van der Waals surface area contributed by atoms with E-state index in [1.54, 1.807) is 30.5 Å². The molecule has 0 aliphatic rings. The van der Waals surface area contributed by atoms with Gasteiger partial charge in [0.1, 0.15) is 17.3 Å². The van der Waals surface area contributed by atoms with Crippen molar-refractivity contribution in [1.82, 2.24) is 10.3 Å². The summed E-state index contributed by atoms with van der Waals surface area (Å²) in [7, 11) is 0. The van der Waals surface area contributed by atoms with Crippen LogP contribution in [0.5, 0.6) is 0 Å². The zero-order chi connectivity index (χ0) is 24.2.